The van der Waals surface area contributed by atoms with Gasteiger partial charge in [0, 0.05) is 18.5 Å². The van der Waals surface area contributed by atoms with Crippen LogP contribution in [0.15, 0.2) is 18.2 Å². The van der Waals surface area contributed by atoms with Gasteiger partial charge in [-0.15, -0.1) is 0 Å². The van der Waals surface area contributed by atoms with Crippen molar-refractivity contribution in [3.8, 4) is 0 Å². The molecule has 15 heavy (non-hydrogen) atoms. The maximum atomic E-state index is 13.5. The monoisotopic (exact) mass is 212 g/mol. The van der Waals surface area contributed by atoms with Gasteiger partial charge in [-0.25, -0.2) is 8.78 Å². The number of piperidine rings is 1. The average molecular weight is 212 g/mol. The summed E-state index contributed by atoms with van der Waals surface area (Å²) < 4.78 is 26.5. The lowest BCUT2D eigenvalue weighted by atomic mass is 9.86. The third-order valence-corrected chi connectivity index (χ3v) is 2.89. The van der Waals surface area contributed by atoms with E-state index in [1.165, 1.54) is 12.1 Å². The minimum Gasteiger partial charge on any atom is -0.326 e. The van der Waals surface area contributed by atoms with Gasteiger partial charge in [0.1, 0.15) is 11.6 Å². The summed E-state index contributed by atoms with van der Waals surface area (Å²) in [5.41, 5.74) is 6.28. The molecule has 0 saturated carbocycles. The van der Waals surface area contributed by atoms with Crippen LogP contribution in [0.4, 0.5) is 8.78 Å². The normalized spacial score (nSPS) is 26.6. The Balaban J connectivity index is 2.30. The topological polar surface area (TPSA) is 38.0 Å². The summed E-state index contributed by atoms with van der Waals surface area (Å²) in [5, 5.41) is 3.13. The van der Waals surface area contributed by atoms with Gasteiger partial charge in [-0.3, -0.25) is 0 Å². The lowest BCUT2D eigenvalue weighted by Gasteiger charge is -2.29. The Morgan fingerprint density at radius 1 is 1.33 bits per heavy atom. The quantitative estimate of drug-likeness (QED) is 0.737. The largest absolute Gasteiger partial charge is 0.326 e. The Kier molecular flexibility index (Phi) is 2.98. The second kappa shape index (κ2) is 4.24. The van der Waals surface area contributed by atoms with E-state index < -0.39 is 5.82 Å². The summed E-state index contributed by atoms with van der Waals surface area (Å²) in [6.45, 7) is 1.45. The van der Waals surface area contributed by atoms with Gasteiger partial charge in [-0.1, -0.05) is 0 Å². The van der Waals surface area contributed by atoms with Gasteiger partial charge >= 0.3 is 0 Å². The van der Waals surface area contributed by atoms with Crippen LogP contribution < -0.4 is 11.1 Å². The minimum absolute atomic E-state index is 0.0815. The summed E-state index contributed by atoms with van der Waals surface area (Å²) in [4.78, 5) is 0. The zero-order valence-electron chi connectivity index (χ0n) is 8.34. The fourth-order valence-electron chi connectivity index (χ4n) is 2.07. The molecule has 0 aromatic heterocycles. The van der Waals surface area contributed by atoms with Gasteiger partial charge in [0.2, 0.25) is 0 Å². The third kappa shape index (κ3) is 2.16. The van der Waals surface area contributed by atoms with Crippen LogP contribution in [0.1, 0.15) is 17.9 Å². The van der Waals surface area contributed by atoms with Crippen LogP contribution in [0.25, 0.3) is 0 Å². The van der Waals surface area contributed by atoms with Crippen molar-refractivity contribution in [2.75, 3.05) is 13.1 Å². The fraction of sp³-hybridized carbons (Fsp3) is 0.455. The molecule has 4 heteroatoms. The first-order valence-electron chi connectivity index (χ1n) is 5.09. The predicted octanol–water partition coefficient (Wildman–Crippen LogP) is 1.37. The van der Waals surface area contributed by atoms with E-state index in [4.69, 9.17) is 5.73 Å². The van der Waals surface area contributed by atoms with Crippen molar-refractivity contribution in [1.82, 2.24) is 5.32 Å². The molecule has 0 aliphatic carbocycles. The Bertz CT molecular complexity index is 354. The number of rotatable bonds is 1. The Morgan fingerprint density at radius 3 is 2.87 bits per heavy atom. The Hall–Kier alpha value is -1.00. The molecule has 1 fully saturated rings. The second-order valence-electron chi connectivity index (χ2n) is 3.93. The summed E-state index contributed by atoms with van der Waals surface area (Å²) in [6.07, 6.45) is 0.752. The van der Waals surface area contributed by atoms with Gasteiger partial charge in [0.25, 0.3) is 0 Å². The van der Waals surface area contributed by atoms with E-state index in [0.29, 0.717) is 12.1 Å². The van der Waals surface area contributed by atoms with Gasteiger partial charge in [0.15, 0.2) is 0 Å². The van der Waals surface area contributed by atoms with Gasteiger partial charge < -0.3 is 11.1 Å². The Labute approximate surface area is 87.5 Å². The van der Waals surface area contributed by atoms with Crippen LogP contribution in [-0.4, -0.2) is 19.1 Å². The molecule has 3 N–H and O–H groups in total. The average Bonchev–Trinajstić information content (AvgIpc) is 2.23. The summed E-state index contributed by atoms with van der Waals surface area (Å²) >= 11 is 0. The molecule has 0 radical (unpaired) electrons. The molecule has 0 spiro atoms. The van der Waals surface area contributed by atoms with Gasteiger partial charge in [0.05, 0.1) is 0 Å². The Morgan fingerprint density at radius 2 is 2.13 bits per heavy atom. The van der Waals surface area contributed by atoms with Crippen molar-refractivity contribution < 1.29 is 8.78 Å². The summed E-state index contributed by atoms with van der Waals surface area (Å²) in [7, 11) is 0. The molecular weight excluding hydrogens is 198 g/mol. The van der Waals surface area contributed by atoms with Crippen LogP contribution in [-0.2, 0) is 0 Å². The zero-order chi connectivity index (χ0) is 10.8. The lowest BCUT2D eigenvalue weighted by Crippen LogP contribution is -2.45. The molecule has 1 aromatic carbocycles. The van der Waals surface area contributed by atoms with Crippen molar-refractivity contribution in [2.24, 2.45) is 5.73 Å². The first-order valence-corrected chi connectivity index (χ1v) is 5.09. The maximum Gasteiger partial charge on any atom is 0.126 e. The number of nitrogens with one attached hydrogen (secondary N) is 1. The molecule has 1 heterocycles. The van der Waals surface area contributed by atoms with Crippen LogP contribution in [0.2, 0.25) is 0 Å². The molecule has 0 bridgehead atoms. The number of halogens is 2. The highest BCUT2D eigenvalue weighted by Gasteiger charge is 2.25. The number of nitrogens with two attached hydrogens (primary N) is 1. The predicted molar refractivity (Wildman–Crippen MR) is 54.6 cm³/mol. The van der Waals surface area contributed by atoms with E-state index in [-0.39, 0.29) is 17.8 Å². The van der Waals surface area contributed by atoms with E-state index in [0.717, 1.165) is 19.0 Å². The van der Waals surface area contributed by atoms with Crippen LogP contribution in [0.5, 0.6) is 0 Å². The van der Waals surface area contributed by atoms with Gasteiger partial charge in [-0.05, 0) is 36.7 Å². The first kappa shape index (κ1) is 10.5. The molecule has 82 valence electrons. The SMILES string of the molecule is NC1CNCCC1c1cc(F)ccc1F. The fourth-order valence-corrected chi connectivity index (χ4v) is 2.07. The smallest absolute Gasteiger partial charge is 0.126 e. The molecular formula is C11H14F2N2. The van der Waals surface area contributed by atoms with Crippen LogP contribution >= 0.6 is 0 Å². The zero-order valence-corrected chi connectivity index (χ0v) is 8.34. The second-order valence-corrected chi connectivity index (χ2v) is 3.93. The third-order valence-electron chi connectivity index (χ3n) is 2.89. The summed E-state index contributed by atoms with van der Waals surface area (Å²) in [5.74, 6) is -0.849. The van der Waals surface area contributed by atoms with Crippen LogP contribution in [0, 0.1) is 11.6 Å². The van der Waals surface area contributed by atoms with E-state index in [9.17, 15) is 8.78 Å². The highest BCUT2D eigenvalue weighted by atomic mass is 19.1. The van der Waals surface area contributed by atoms with Crippen molar-refractivity contribution in [1.29, 1.82) is 0 Å². The molecule has 1 aliphatic rings. The molecule has 0 amide bonds. The minimum atomic E-state index is -0.405. The highest BCUT2D eigenvalue weighted by molar-refractivity contribution is 5.25. The van der Waals surface area contributed by atoms with Crippen molar-refractivity contribution >= 4 is 0 Å². The number of hydrogen-bond donors (Lipinski definition) is 2. The van der Waals surface area contributed by atoms with E-state index in [2.05, 4.69) is 5.32 Å². The molecule has 1 aliphatic heterocycles. The molecule has 2 atom stereocenters. The highest BCUT2D eigenvalue weighted by Crippen LogP contribution is 2.27. The molecule has 1 saturated heterocycles. The van der Waals surface area contributed by atoms with Crippen molar-refractivity contribution in [2.45, 2.75) is 18.4 Å². The number of hydrogen-bond acceptors (Lipinski definition) is 2. The van der Waals surface area contributed by atoms with E-state index >= 15 is 0 Å². The first-order chi connectivity index (χ1) is 7.18. The summed E-state index contributed by atoms with van der Waals surface area (Å²) in [6, 6.07) is 3.41. The molecule has 2 nitrogen and oxygen atoms in total. The lowest BCUT2D eigenvalue weighted by molar-refractivity contribution is 0.391. The molecule has 2 unspecified atom stereocenters. The van der Waals surface area contributed by atoms with Crippen molar-refractivity contribution in [3.63, 3.8) is 0 Å². The van der Waals surface area contributed by atoms with E-state index in [1.54, 1.807) is 0 Å². The van der Waals surface area contributed by atoms with Crippen LogP contribution in [0.3, 0.4) is 0 Å². The number of benzene rings is 1. The van der Waals surface area contributed by atoms with Gasteiger partial charge in [-0.2, -0.15) is 0 Å². The maximum absolute atomic E-state index is 13.5. The molecule has 2 rings (SSSR count). The molecule has 1 aromatic rings. The van der Waals surface area contributed by atoms with Crippen molar-refractivity contribution in [3.05, 3.63) is 35.4 Å². The van der Waals surface area contributed by atoms with E-state index in [1.807, 2.05) is 0 Å². The standard InChI is InChI=1S/C11H14F2N2/c12-7-1-2-10(13)9(5-7)8-3-4-15-6-11(8)14/h1-2,5,8,11,15H,3-4,6,14H2.